The van der Waals surface area contributed by atoms with Crippen LogP contribution < -0.4 is 5.32 Å². The van der Waals surface area contributed by atoms with Gasteiger partial charge in [0.25, 0.3) is 0 Å². The van der Waals surface area contributed by atoms with E-state index in [2.05, 4.69) is 15.3 Å². The molecular formula is C11H17N3O2S. The molecule has 0 spiro atoms. The highest BCUT2D eigenvalue weighted by Gasteiger charge is 2.17. The molecule has 1 unspecified atom stereocenters. The fourth-order valence-corrected chi connectivity index (χ4v) is 2.17. The topological polar surface area (TPSA) is 64.1 Å². The Morgan fingerprint density at radius 3 is 3.00 bits per heavy atom. The van der Waals surface area contributed by atoms with E-state index >= 15 is 0 Å². The molecule has 0 saturated heterocycles. The van der Waals surface area contributed by atoms with Gasteiger partial charge in [-0.1, -0.05) is 6.92 Å². The van der Waals surface area contributed by atoms with Crippen molar-refractivity contribution in [1.29, 1.82) is 0 Å². The van der Waals surface area contributed by atoms with Gasteiger partial charge in [0.15, 0.2) is 0 Å². The van der Waals surface area contributed by atoms with E-state index in [0.29, 0.717) is 6.42 Å². The van der Waals surface area contributed by atoms with Crippen LogP contribution in [-0.4, -0.2) is 41.4 Å². The first-order valence-electron chi connectivity index (χ1n) is 5.48. The third kappa shape index (κ3) is 5.14. The SMILES string of the molecule is CCNC(CCSc1cnccn1)C(=O)OC. The van der Waals surface area contributed by atoms with Gasteiger partial charge in [-0.15, -0.1) is 11.8 Å². The van der Waals surface area contributed by atoms with E-state index < -0.39 is 0 Å². The molecule has 0 radical (unpaired) electrons. The number of rotatable bonds is 7. The molecule has 1 aromatic heterocycles. The number of nitrogens with one attached hydrogen (secondary N) is 1. The van der Waals surface area contributed by atoms with Crippen molar-refractivity contribution in [2.45, 2.75) is 24.4 Å². The summed E-state index contributed by atoms with van der Waals surface area (Å²) < 4.78 is 4.73. The zero-order chi connectivity index (χ0) is 12.5. The molecule has 94 valence electrons. The Hall–Kier alpha value is -1.14. The van der Waals surface area contributed by atoms with E-state index in [-0.39, 0.29) is 12.0 Å². The molecule has 0 aliphatic rings. The zero-order valence-electron chi connectivity index (χ0n) is 10.0. The molecule has 1 aromatic rings. The van der Waals surface area contributed by atoms with Gasteiger partial charge in [-0.2, -0.15) is 0 Å². The average molecular weight is 255 g/mol. The van der Waals surface area contributed by atoms with Crippen LogP contribution in [0.4, 0.5) is 0 Å². The Bertz CT molecular complexity index is 335. The number of nitrogens with zero attached hydrogens (tertiary/aromatic N) is 2. The maximum absolute atomic E-state index is 11.4. The number of carbonyl (C=O) groups is 1. The highest BCUT2D eigenvalue weighted by atomic mass is 32.2. The number of thioether (sulfide) groups is 1. The summed E-state index contributed by atoms with van der Waals surface area (Å²) in [5, 5.41) is 3.96. The largest absolute Gasteiger partial charge is 0.468 e. The maximum Gasteiger partial charge on any atom is 0.322 e. The Morgan fingerprint density at radius 1 is 1.59 bits per heavy atom. The normalized spacial score (nSPS) is 12.1. The van der Waals surface area contributed by atoms with Crippen LogP contribution in [0.1, 0.15) is 13.3 Å². The van der Waals surface area contributed by atoms with E-state index in [0.717, 1.165) is 17.3 Å². The minimum atomic E-state index is -0.242. The molecule has 0 aliphatic carbocycles. The lowest BCUT2D eigenvalue weighted by Crippen LogP contribution is -2.37. The first kappa shape index (κ1) is 13.9. The third-order valence-corrected chi connectivity index (χ3v) is 3.08. The van der Waals surface area contributed by atoms with Crippen LogP contribution in [0.15, 0.2) is 23.6 Å². The molecule has 0 amide bonds. The van der Waals surface area contributed by atoms with Crippen molar-refractivity contribution in [3.05, 3.63) is 18.6 Å². The Kier molecular flexibility index (Phi) is 6.57. The van der Waals surface area contributed by atoms with Crippen LogP contribution in [0, 0.1) is 0 Å². The Labute approximate surface area is 105 Å². The highest BCUT2D eigenvalue weighted by molar-refractivity contribution is 7.99. The Morgan fingerprint density at radius 2 is 2.41 bits per heavy atom. The van der Waals surface area contributed by atoms with Gasteiger partial charge in [0.05, 0.1) is 13.3 Å². The van der Waals surface area contributed by atoms with Crippen LogP contribution in [-0.2, 0) is 9.53 Å². The maximum atomic E-state index is 11.4. The van der Waals surface area contributed by atoms with Crippen molar-refractivity contribution in [1.82, 2.24) is 15.3 Å². The molecule has 0 aliphatic heterocycles. The molecule has 1 heterocycles. The monoisotopic (exact) mass is 255 g/mol. The average Bonchev–Trinajstić information content (AvgIpc) is 2.38. The number of aromatic nitrogens is 2. The smallest absolute Gasteiger partial charge is 0.322 e. The lowest BCUT2D eigenvalue weighted by molar-refractivity contribution is -0.143. The van der Waals surface area contributed by atoms with Crippen molar-refractivity contribution in [3.8, 4) is 0 Å². The first-order valence-corrected chi connectivity index (χ1v) is 6.46. The van der Waals surface area contributed by atoms with Gasteiger partial charge in [0, 0.05) is 18.1 Å². The molecule has 0 aromatic carbocycles. The summed E-state index contributed by atoms with van der Waals surface area (Å²) in [5.41, 5.74) is 0. The number of likely N-dealkylation sites (N-methyl/N-ethyl adjacent to an activating group) is 1. The molecule has 5 nitrogen and oxygen atoms in total. The summed E-state index contributed by atoms with van der Waals surface area (Å²) in [6.07, 6.45) is 5.72. The van der Waals surface area contributed by atoms with Gasteiger partial charge in [-0.05, 0) is 13.0 Å². The van der Waals surface area contributed by atoms with E-state index in [4.69, 9.17) is 4.74 Å². The summed E-state index contributed by atoms with van der Waals surface area (Å²) in [6, 6.07) is -0.242. The van der Waals surface area contributed by atoms with Crippen LogP contribution in [0.25, 0.3) is 0 Å². The van der Waals surface area contributed by atoms with Crippen LogP contribution in [0.3, 0.4) is 0 Å². The summed E-state index contributed by atoms with van der Waals surface area (Å²) in [5.74, 6) is 0.581. The number of hydrogen-bond donors (Lipinski definition) is 1. The highest BCUT2D eigenvalue weighted by Crippen LogP contribution is 2.15. The second kappa shape index (κ2) is 8.03. The molecule has 6 heteroatoms. The van der Waals surface area contributed by atoms with E-state index in [1.807, 2.05) is 6.92 Å². The molecule has 0 fully saturated rings. The zero-order valence-corrected chi connectivity index (χ0v) is 10.9. The molecule has 1 N–H and O–H groups in total. The molecule has 1 atom stereocenters. The first-order chi connectivity index (χ1) is 8.27. The predicted octanol–water partition coefficient (Wildman–Crippen LogP) is 1.11. The number of carbonyl (C=O) groups excluding carboxylic acids is 1. The third-order valence-electron chi connectivity index (χ3n) is 2.13. The van der Waals surface area contributed by atoms with Gasteiger partial charge in [0.2, 0.25) is 0 Å². The van der Waals surface area contributed by atoms with Crippen LogP contribution in [0.2, 0.25) is 0 Å². The van der Waals surface area contributed by atoms with Crippen LogP contribution in [0.5, 0.6) is 0 Å². The van der Waals surface area contributed by atoms with Gasteiger partial charge in [-0.25, -0.2) is 4.98 Å². The van der Waals surface area contributed by atoms with Gasteiger partial charge >= 0.3 is 5.97 Å². The van der Waals surface area contributed by atoms with Crippen molar-refractivity contribution in [2.75, 3.05) is 19.4 Å². The van der Waals surface area contributed by atoms with E-state index in [1.165, 1.54) is 7.11 Å². The number of esters is 1. The van der Waals surface area contributed by atoms with Crippen molar-refractivity contribution < 1.29 is 9.53 Å². The van der Waals surface area contributed by atoms with Crippen molar-refractivity contribution in [3.63, 3.8) is 0 Å². The van der Waals surface area contributed by atoms with Gasteiger partial charge < -0.3 is 10.1 Å². The molecular weight excluding hydrogens is 238 g/mol. The molecule has 1 rings (SSSR count). The van der Waals surface area contributed by atoms with E-state index in [1.54, 1.807) is 30.4 Å². The lowest BCUT2D eigenvalue weighted by atomic mass is 10.2. The van der Waals surface area contributed by atoms with Crippen molar-refractivity contribution >= 4 is 17.7 Å². The second-order valence-corrected chi connectivity index (χ2v) is 4.43. The van der Waals surface area contributed by atoms with E-state index in [9.17, 15) is 4.79 Å². The summed E-state index contributed by atoms with van der Waals surface area (Å²) in [4.78, 5) is 19.6. The van der Waals surface area contributed by atoms with Gasteiger partial charge in [-0.3, -0.25) is 9.78 Å². The summed E-state index contributed by atoms with van der Waals surface area (Å²) >= 11 is 1.58. The standard InChI is InChI=1S/C11H17N3O2S/c1-3-13-9(11(15)16-2)4-7-17-10-8-12-5-6-14-10/h5-6,8-9,13H,3-4,7H2,1-2H3. The molecule has 0 saturated carbocycles. The quantitative estimate of drug-likeness (QED) is 0.581. The predicted molar refractivity (Wildman–Crippen MR) is 66.9 cm³/mol. The fraction of sp³-hybridized carbons (Fsp3) is 0.545. The number of methoxy groups -OCH3 is 1. The second-order valence-electron chi connectivity index (χ2n) is 3.31. The fourth-order valence-electron chi connectivity index (χ4n) is 1.33. The molecule has 0 bridgehead atoms. The van der Waals surface area contributed by atoms with Crippen molar-refractivity contribution in [2.24, 2.45) is 0 Å². The minimum Gasteiger partial charge on any atom is -0.468 e. The number of hydrogen-bond acceptors (Lipinski definition) is 6. The minimum absolute atomic E-state index is 0.216. The summed E-state index contributed by atoms with van der Waals surface area (Å²) in [7, 11) is 1.41. The summed E-state index contributed by atoms with van der Waals surface area (Å²) in [6.45, 7) is 2.71. The lowest BCUT2D eigenvalue weighted by Gasteiger charge is -2.14. The number of ether oxygens (including phenoxy) is 1. The van der Waals surface area contributed by atoms with Crippen LogP contribution >= 0.6 is 11.8 Å². The Balaban J connectivity index is 2.34. The van der Waals surface area contributed by atoms with Gasteiger partial charge in [0.1, 0.15) is 11.1 Å². The molecule has 17 heavy (non-hydrogen) atoms.